The fourth-order valence-corrected chi connectivity index (χ4v) is 5.54. The molecule has 3 aromatic carbocycles. The molecule has 0 aliphatic rings. The monoisotopic (exact) mass is 524 g/mol. The maximum atomic E-state index is 13.4. The van der Waals surface area contributed by atoms with Crippen LogP contribution in [0.15, 0.2) is 77.7 Å². The molecule has 5 nitrogen and oxygen atoms in total. The molecule has 0 aliphatic carbocycles. The zero-order chi connectivity index (χ0) is 24.0. The maximum Gasteiger partial charge on any atom is 0.245 e. The lowest BCUT2D eigenvalue weighted by atomic mass is 10.1. The van der Waals surface area contributed by atoms with Gasteiger partial charge in [-0.2, -0.15) is 4.31 Å². The van der Waals surface area contributed by atoms with Crippen molar-refractivity contribution >= 4 is 50.7 Å². The third kappa shape index (κ3) is 6.95. The summed E-state index contributed by atoms with van der Waals surface area (Å²) in [6.45, 7) is 1.55. The molecular formula is C24H23Cl3N2O3S. The first-order valence-electron chi connectivity index (χ1n) is 10.2. The second-order valence-electron chi connectivity index (χ2n) is 7.49. The van der Waals surface area contributed by atoms with Gasteiger partial charge in [-0.25, -0.2) is 8.42 Å². The average molecular weight is 526 g/mol. The Hall–Kier alpha value is -2.09. The highest BCUT2D eigenvalue weighted by Gasteiger charge is 2.29. The molecule has 0 spiro atoms. The quantitative estimate of drug-likeness (QED) is 0.386. The van der Waals surface area contributed by atoms with Crippen molar-refractivity contribution in [1.29, 1.82) is 0 Å². The molecule has 174 valence electrons. The Labute approximate surface area is 209 Å². The lowest BCUT2D eigenvalue weighted by Crippen LogP contribution is -2.42. The number of carbonyl (C=O) groups excluding carboxylic acids is 1. The van der Waals surface area contributed by atoms with Crippen LogP contribution < -0.4 is 5.32 Å². The van der Waals surface area contributed by atoms with Crippen LogP contribution in [0.1, 0.15) is 24.1 Å². The van der Waals surface area contributed by atoms with Crippen LogP contribution in [0.3, 0.4) is 0 Å². The minimum absolute atomic E-state index is 0.0408. The lowest BCUT2D eigenvalue weighted by molar-refractivity contribution is -0.121. The van der Waals surface area contributed by atoms with E-state index in [1.165, 1.54) is 18.2 Å². The van der Waals surface area contributed by atoms with Crippen molar-refractivity contribution < 1.29 is 13.2 Å². The van der Waals surface area contributed by atoms with Crippen molar-refractivity contribution in [3.8, 4) is 0 Å². The Balaban J connectivity index is 1.82. The molecule has 3 aromatic rings. The van der Waals surface area contributed by atoms with Gasteiger partial charge in [-0.15, -0.1) is 0 Å². The number of hydrogen-bond acceptors (Lipinski definition) is 3. The van der Waals surface area contributed by atoms with Gasteiger partial charge in [-0.05, 0) is 54.8 Å². The van der Waals surface area contributed by atoms with Crippen molar-refractivity contribution in [2.24, 2.45) is 0 Å². The Bertz CT molecular complexity index is 1200. The predicted octanol–water partition coefficient (Wildman–Crippen LogP) is 5.76. The SMILES string of the molecule is C[C@@H](NC(=O)CN(CCc1ccccc1)S(=O)(=O)c1cc(Cl)ccc1Cl)c1ccc(Cl)cc1. The second-order valence-corrected chi connectivity index (χ2v) is 10.7. The van der Waals surface area contributed by atoms with Crippen LogP contribution in [-0.2, 0) is 21.2 Å². The molecule has 0 aromatic heterocycles. The summed E-state index contributed by atoms with van der Waals surface area (Å²) in [5.74, 6) is -0.438. The Kier molecular flexibility index (Phi) is 8.79. The average Bonchev–Trinajstić information content (AvgIpc) is 2.79. The first-order valence-corrected chi connectivity index (χ1v) is 12.8. The van der Waals surface area contributed by atoms with Gasteiger partial charge in [0.2, 0.25) is 15.9 Å². The number of benzene rings is 3. The first kappa shape index (κ1) is 25.5. The minimum Gasteiger partial charge on any atom is -0.348 e. The van der Waals surface area contributed by atoms with Crippen LogP contribution >= 0.6 is 34.8 Å². The van der Waals surface area contributed by atoms with Gasteiger partial charge in [-0.3, -0.25) is 4.79 Å². The summed E-state index contributed by atoms with van der Waals surface area (Å²) in [5.41, 5.74) is 1.80. The van der Waals surface area contributed by atoms with Crippen molar-refractivity contribution in [2.45, 2.75) is 24.3 Å². The molecule has 33 heavy (non-hydrogen) atoms. The van der Waals surface area contributed by atoms with E-state index in [-0.39, 0.29) is 34.1 Å². The van der Waals surface area contributed by atoms with Crippen LogP contribution in [0.25, 0.3) is 0 Å². The lowest BCUT2D eigenvalue weighted by Gasteiger charge is -2.24. The third-order valence-electron chi connectivity index (χ3n) is 5.07. The molecule has 3 rings (SSSR count). The minimum atomic E-state index is -4.09. The fourth-order valence-electron chi connectivity index (χ4n) is 3.28. The summed E-state index contributed by atoms with van der Waals surface area (Å²) in [5, 5.41) is 3.72. The van der Waals surface area contributed by atoms with E-state index in [0.717, 1.165) is 15.4 Å². The van der Waals surface area contributed by atoms with E-state index in [0.29, 0.717) is 11.4 Å². The van der Waals surface area contributed by atoms with E-state index < -0.39 is 15.9 Å². The predicted molar refractivity (Wildman–Crippen MR) is 133 cm³/mol. The number of sulfonamides is 1. The zero-order valence-electron chi connectivity index (χ0n) is 17.8. The molecule has 0 aliphatic heterocycles. The summed E-state index contributed by atoms with van der Waals surface area (Å²) >= 11 is 18.1. The molecular weight excluding hydrogens is 503 g/mol. The molecule has 1 amide bonds. The van der Waals surface area contributed by atoms with E-state index in [9.17, 15) is 13.2 Å². The van der Waals surface area contributed by atoms with Crippen molar-refractivity contribution in [2.75, 3.05) is 13.1 Å². The second kappa shape index (κ2) is 11.4. The number of nitrogens with zero attached hydrogens (tertiary/aromatic N) is 1. The number of halogens is 3. The van der Waals surface area contributed by atoms with E-state index in [1.807, 2.05) is 49.4 Å². The molecule has 0 bridgehead atoms. The van der Waals surface area contributed by atoms with Gasteiger partial charge in [0.25, 0.3) is 0 Å². The van der Waals surface area contributed by atoms with Gasteiger partial charge in [0.1, 0.15) is 4.90 Å². The van der Waals surface area contributed by atoms with Crippen LogP contribution in [0.5, 0.6) is 0 Å². The first-order chi connectivity index (χ1) is 15.7. The van der Waals surface area contributed by atoms with Gasteiger partial charge in [0, 0.05) is 16.6 Å². The highest BCUT2D eigenvalue weighted by atomic mass is 35.5. The summed E-state index contributed by atoms with van der Waals surface area (Å²) in [7, 11) is -4.09. The topological polar surface area (TPSA) is 66.5 Å². The van der Waals surface area contributed by atoms with Gasteiger partial charge in [0.05, 0.1) is 17.6 Å². The standard InChI is InChI=1S/C24H23Cl3N2O3S/c1-17(19-7-9-20(25)10-8-19)28-24(30)16-29(14-13-18-5-3-2-4-6-18)33(31,32)23-15-21(26)11-12-22(23)27/h2-12,15,17H,13-14,16H2,1H3,(H,28,30)/t17-/m1/s1. The third-order valence-corrected chi connectivity index (χ3v) is 7.89. The zero-order valence-corrected chi connectivity index (χ0v) is 20.9. The Morgan fingerprint density at radius 1 is 0.939 bits per heavy atom. The fraction of sp³-hybridized carbons (Fsp3) is 0.208. The van der Waals surface area contributed by atoms with E-state index in [2.05, 4.69) is 5.32 Å². The van der Waals surface area contributed by atoms with Gasteiger partial charge in [0.15, 0.2) is 0 Å². The van der Waals surface area contributed by atoms with Crippen LogP contribution in [0.2, 0.25) is 15.1 Å². The number of nitrogens with one attached hydrogen (secondary N) is 1. The number of rotatable bonds is 9. The summed E-state index contributed by atoms with van der Waals surface area (Å²) in [4.78, 5) is 12.7. The number of amides is 1. The van der Waals surface area contributed by atoms with Crippen LogP contribution in [-0.4, -0.2) is 31.7 Å². The van der Waals surface area contributed by atoms with Crippen molar-refractivity contribution in [1.82, 2.24) is 9.62 Å². The van der Waals surface area contributed by atoms with Crippen LogP contribution in [0.4, 0.5) is 0 Å². The summed E-state index contributed by atoms with van der Waals surface area (Å²) < 4.78 is 28.0. The van der Waals surface area contributed by atoms with E-state index >= 15 is 0 Å². The van der Waals surface area contributed by atoms with Crippen LogP contribution in [0, 0.1) is 0 Å². The van der Waals surface area contributed by atoms with E-state index in [1.54, 1.807) is 12.1 Å². The Morgan fingerprint density at radius 2 is 1.58 bits per heavy atom. The molecule has 0 unspecified atom stereocenters. The summed E-state index contributed by atoms with van der Waals surface area (Å²) in [6.07, 6.45) is 0.429. The maximum absolute atomic E-state index is 13.4. The van der Waals surface area contributed by atoms with Gasteiger partial charge in [-0.1, -0.05) is 77.3 Å². The molecule has 0 heterocycles. The molecule has 9 heteroatoms. The van der Waals surface area contributed by atoms with Gasteiger partial charge >= 0.3 is 0 Å². The van der Waals surface area contributed by atoms with E-state index in [4.69, 9.17) is 34.8 Å². The molecule has 0 saturated carbocycles. The normalized spacial score (nSPS) is 12.5. The number of hydrogen-bond donors (Lipinski definition) is 1. The molecule has 1 atom stereocenters. The number of carbonyl (C=O) groups is 1. The summed E-state index contributed by atoms with van der Waals surface area (Å²) in [6, 6.07) is 20.4. The Morgan fingerprint density at radius 3 is 2.24 bits per heavy atom. The highest BCUT2D eigenvalue weighted by molar-refractivity contribution is 7.89. The molecule has 0 fully saturated rings. The molecule has 1 N–H and O–H groups in total. The largest absolute Gasteiger partial charge is 0.348 e. The highest BCUT2D eigenvalue weighted by Crippen LogP contribution is 2.28. The van der Waals surface area contributed by atoms with Crippen molar-refractivity contribution in [3.05, 3.63) is 99.0 Å². The smallest absolute Gasteiger partial charge is 0.245 e. The molecule has 0 radical (unpaired) electrons. The van der Waals surface area contributed by atoms with Crippen molar-refractivity contribution in [3.63, 3.8) is 0 Å². The molecule has 0 saturated heterocycles. The van der Waals surface area contributed by atoms with Gasteiger partial charge < -0.3 is 5.32 Å².